The molecule has 0 fully saturated rings. The van der Waals surface area contributed by atoms with Gasteiger partial charge in [0, 0.05) is 20.3 Å². The van der Waals surface area contributed by atoms with Gasteiger partial charge in [0.05, 0.1) is 13.2 Å². The molecule has 38 heavy (non-hydrogen) atoms. The van der Waals surface area contributed by atoms with Gasteiger partial charge in [0.2, 0.25) is 0 Å². The fourth-order valence-corrected chi connectivity index (χ4v) is 3.67. The van der Waals surface area contributed by atoms with Gasteiger partial charge in [0.15, 0.2) is 0 Å². The topological polar surface area (TPSA) is 76.7 Å². The minimum Gasteiger partial charge on any atom is -0.464 e. The molecule has 0 saturated heterocycles. The maximum absolute atomic E-state index is 12.0. The van der Waals surface area contributed by atoms with Crippen molar-refractivity contribution in [3.05, 3.63) is 79.8 Å². The molecule has 208 valence electrons. The number of esters is 2. The van der Waals surface area contributed by atoms with Crippen molar-refractivity contribution in [3.8, 4) is 0 Å². The quantitative estimate of drug-likeness (QED) is 0.199. The fraction of sp³-hybridized carbons (Fsp3) is 0.400. The molecule has 0 bridgehead atoms. The van der Waals surface area contributed by atoms with E-state index < -0.39 is 12.1 Å². The molecule has 2 atom stereocenters. The molecular formula is C30H40Br2N2O4. The van der Waals surface area contributed by atoms with Gasteiger partial charge in [-0.15, -0.1) is 0 Å². The van der Waals surface area contributed by atoms with Gasteiger partial charge in [-0.25, -0.2) is 9.59 Å². The van der Waals surface area contributed by atoms with Gasteiger partial charge in [0.1, 0.15) is 12.1 Å². The number of ether oxygens (including phenoxy) is 2. The summed E-state index contributed by atoms with van der Waals surface area (Å²) in [4.78, 5) is 24.1. The highest BCUT2D eigenvalue weighted by Crippen LogP contribution is 2.20. The molecule has 0 spiro atoms. The molecular weight excluding hydrogens is 612 g/mol. The highest BCUT2D eigenvalue weighted by molar-refractivity contribution is 9.10. The molecule has 0 unspecified atom stereocenters. The average molecular weight is 652 g/mol. The summed E-state index contributed by atoms with van der Waals surface area (Å²) >= 11 is 6.78. The molecule has 2 rings (SSSR count). The second kappa shape index (κ2) is 17.1. The van der Waals surface area contributed by atoms with Gasteiger partial charge < -0.3 is 20.1 Å². The summed E-state index contributed by atoms with van der Waals surface area (Å²) < 4.78 is 12.3. The van der Waals surface area contributed by atoms with E-state index in [9.17, 15) is 9.59 Å². The lowest BCUT2D eigenvalue weighted by atomic mass is 10.0. The van der Waals surface area contributed by atoms with Crippen molar-refractivity contribution in [2.45, 2.75) is 67.5 Å². The van der Waals surface area contributed by atoms with Crippen LogP contribution >= 0.6 is 31.9 Å². The van der Waals surface area contributed by atoms with Crippen LogP contribution in [-0.4, -0.2) is 37.2 Å². The number of anilines is 2. The van der Waals surface area contributed by atoms with E-state index in [2.05, 4.69) is 42.5 Å². The fourth-order valence-electron chi connectivity index (χ4n) is 3.14. The third-order valence-electron chi connectivity index (χ3n) is 5.80. The summed E-state index contributed by atoms with van der Waals surface area (Å²) in [5.74, 6) is -0.492. The van der Waals surface area contributed by atoms with E-state index in [1.165, 1.54) is 0 Å². The summed E-state index contributed by atoms with van der Waals surface area (Å²) in [6.07, 6.45) is 0. The Labute approximate surface area is 244 Å². The van der Waals surface area contributed by atoms with E-state index in [4.69, 9.17) is 9.47 Å². The molecule has 0 aliphatic carbocycles. The highest BCUT2D eigenvalue weighted by Gasteiger charge is 2.23. The average Bonchev–Trinajstić information content (AvgIpc) is 2.87. The molecule has 0 heterocycles. The lowest BCUT2D eigenvalue weighted by molar-refractivity contribution is -0.144. The molecule has 0 aromatic heterocycles. The first-order chi connectivity index (χ1) is 17.9. The predicted octanol–water partition coefficient (Wildman–Crippen LogP) is 8.30. The molecule has 0 aliphatic heterocycles. The third kappa shape index (κ3) is 11.4. The minimum absolute atomic E-state index is 0.246. The second-order valence-electron chi connectivity index (χ2n) is 9.04. The van der Waals surface area contributed by atoms with Crippen LogP contribution in [0.25, 0.3) is 0 Å². The molecule has 0 aliphatic rings. The van der Waals surface area contributed by atoms with Crippen molar-refractivity contribution in [2.75, 3.05) is 23.8 Å². The number of nitrogens with one attached hydrogen (secondary N) is 2. The van der Waals surface area contributed by atoms with E-state index in [1.54, 1.807) is 0 Å². The number of allylic oxidation sites excluding steroid dienone is 2. The van der Waals surface area contributed by atoms with Crippen LogP contribution in [0, 0.1) is 0 Å². The van der Waals surface area contributed by atoms with E-state index in [0.717, 1.165) is 42.6 Å². The van der Waals surface area contributed by atoms with Crippen LogP contribution in [-0.2, 0) is 19.1 Å². The highest BCUT2D eigenvalue weighted by atomic mass is 79.9. The summed E-state index contributed by atoms with van der Waals surface area (Å²) in [5, 5.41) is 6.44. The third-order valence-corrected chi connectivity index (χ3v) is 6.86. The van der Waals surface area contributed by atoms with E-state index in [1.807, 2.05) is 104 Å². The summed E-state index contributed by atoms with van der Waals surface area (Å²) in [6, 6.07) is 14.6. The zero-order valence-electron chi connectivity index (χ0n) is 23.6. The molecule has 6 nitrogen and oxygen atoms in total. The Kier molecular flexibility index (Phi) is 15.0. The Hall–Kier alpha value is -2.58. The number of carbonyl (C=O) groups is 2. The number of rotatable bonds is 10. The van der Waals surface area contributed by atoms with E-state index >= 15 is 0 Å². The molecule has 0 amide bonds. The van der Waals surface area contributed by atoms with Gasteiger partial charge in [-0.2, -0.15) is 0 Å². The first kappa shape index (κ1) is 33.4. The van der Waals surface area contributed by atoms with Crippen molar-refractivity contribution in [2.24, 2.45) is 0 Å². The first-order valence-corrected chi connectivity index (χ1v) is 14.1. The molecule has 0 radical (unpaired) electrons. The molecule has 2 aromatic rings. The lowest BCUT2D eigenvalue weighted by Crippen LogP contribution is -2.33. The molecule has 8 heteroatoms. The van der Waals surface area contributed by atoms with E-state index in [-0.39, 0.29) is 11.9 Å². The van der Waals surface area contributed by atoms with Crippen molar-refractivity contribution in [1.29, 1.82) is 0 Å². The second-order valence-corrected chi connectivity index (χ2v) is 10.9. The van der Waals surface area contributed by atoms with Crippen LogP contribution < -0.4 is 10.6 Å². The summed E-state index contributed by atoms with van der Waals surface area (Å²) in [7, 11) is 0. The van der Waals surface area contributed by atoms with Gasteiger partial charge in [-0.3, -0.25) is 0 Å². The molecule has 2 aromatic carbocycles. The Bertz CT molecular complexity index is 1010. The lowest BCUT2D eigenvalue weighted by Gasteiger charge is -2.20. The van der Waals surface area contributed by atoms with E-state index in [0.29, 0.717) is 13.2 Å². The van der Waals surface area contributed by atoms with Gasteiger partial charge in [-0.05, 0) is 115 Å². The number of halogens is 2. The SMILES string of the molecule is CCOC(=O)[C@@H](Nc1ccc(Br)cc1)C(C)=C(C)C.CCOC(=O)[C@@H](Nc1ccc(Br)cc1)C(C)=C(C)C. The molecule has 0 saturated carbocycles. The van der Waals surface area contributed by atoms with Crippen LogP contribution in [0.3, 0.4) is 0 Å². The largest absolute Gasteiger partial charge is 0.464 e. The smallest absolute Gasteiger partial charge is 0.332 e. The summed E-state index contributed by atoms with van der Waals surface area (Å²) in [6.45, 7) is 16.2. The minimum atomic E-state index is -0.439. The Balaban J connectivity index is 0.000000380. The normalized spacial score (nSPS) is 11.6. The number of carbonyl (C=O) groups excluding carboxylic acids is 2. The van der Waals surface area contributed by atoms with Crippen molar-refractivity contribution < 1.29 is 19.1 Å². The number of benzene rings is 2. The van der Waals surface area contributed by atoms with Gasteiger partial charge >= 0.3 is 11.9 Å². The maximum atomic E-state index is 12.0. The number of hydrogen-bond acceptors (Lipinski definition) is 6. The van der Waals surface area contributed by atoms with Crippen LogP contribution in [0.5, 0.6) is 0 Å². The van der Waals surface area contributed by atoms with Crippen LogP contribution in [0.4, 0.5) is 11.4 Å². The maximum Gasteiger partial charge on any atom is 0.332 e. The summed E-state index contributed by atoms with van der Waals surface area (Å²) in [5.41, 5.74) is 5.98. The standard InChI is InChI=1S/2C15H20BrNO2/c2*1-5-19-15(18)14(11(4)10(2)3)17-13-8-6-12(16)7-9-13/h2*6-9,14,17H,5H2,1-4H3/t2*14-/m00/s1. The Morgan fingerprint density at radius 2 is 0.921 bits per heavy atom. The van der Waals surface area contributed by atoms with Crippen molar-refractivity contribution in [3.63, 3.8) is 0 Å². The predicted molar refractivity (Wildman–Crippen MR) is 164 cm³/mol. The van der Waals surface area contributed by atoms with Crippen LogP contribution in [0.15, 0.2) is 79.8 Å². The first-order valence-electron chi connectivity index (χ1n) is 12.6. The Morgan fingerprint density at radius 1 is 0.632 bits per heavy atom. The monoisotopic (exact) mass is 650 g/mol. The zero-order valence-corrected chi connectivity index (χ0v) is 26.7. The van der Waals surface area contributed by atoms with Crippen molar-refractivity contribution in [1.82, 2.24) is 0 Å². The Morgan fingerprint density at radius 3 is 1.16 bits per heavy atom. The van der Waals surface area contributed by atoms with Crippen LogP contribution in [0.2, 0.25) is 0 Å². The number of hydrogen-bond donors (Lipinski definition) is 2. The van der Waals surface area contributed by atoms with Crippen molar-refractivity contribution >= 4 is 55.2 Å². The zero-order chi connectivity index (χ0) is 28.8. The van der Waals surface area contributed by atoms with Gasteiger partial charge in [0.25, 0.3) is 0 Å². The van der Waals surface area contributed by atoms with Gasteiger partial charge in [-0.1, -0.05) is 43.0 Å². The van der Waals surface area contributed by atoms with Crippen LogP contribution in [0.1, 0.15) is 55.4 Å². The molecule has 2 N–H and O–H groups in total.